The molecule has 1 unspecified atom stereocenters. The lowest BCUT2D eigenvalue weighted by molar-refractivity contribution is -0.177. The third-order valence-electron chi connectivity index (χ3n) is 5.53. The third-order valence-corrected chi connectivity index (χ3v) is 6.54. The monoisotopic (exact) mass is 413 g/mol. The SMILES string of the molecule is O=C1c2cc(F)c(N3CCCC3)c3c2C(NCS3)C(=O)N1OCc1ccccc1. The van der Waals surface area contributed by atoms with Gasteiger partial charge >= 0.3 is 0 Å². The van der Waals surface area contributed by atoms with Crippen LogP contribution in [-0.4, -0.2) is 35.8 Å². The van der Waals surface area contributed by atoms with Gasteiger partial charge in [0.15, 0.2) is 0 Å². The number of halogens is 1. The van der Waals surface area contributed by atoms with Gasteiger partial charge < -0.3 is 4.90 Å². The number of benzene rings is 2. The molecule has 150 valence electrons. The number of rotatable bonds is 4. The van der Waals surface area contributed by atoms with Crippen molar-refractivity contribution in [2.75, 3.05) is 23.9 Å². The van der Waals surface area contributed by atoms with Crippen molar-refractivity contribution >= 4 is 29.3 Å². The van der Waals surface area contributed by atoms with Gasteiger partial charge in [-0.05, 0) is 24.5 Å². The van der Waals surface area contributed by atoms with Crippen LogP contribution in [0.15, 0.2) is 41.3 Å². The molecular formula is C21H20FN3O3S. The average Bonchev–Trinajstić information content (AvgIpc) is 3.26. The first-order chi connectivity index (χ1) is 14.1. The van der Waals surface area contributed by atoms with E-state index in [1.165, 1.54) is 17.8 Å². The molecule has 29 heavy (non-hydrogen) atoms. The molecule has 6 nitrogen and oxygen atoms in total. The van der Waals surface area contributed by atoms with E-state index in [0.29, 0.717) is 22.0 Å². The fourth-order valence-corrected chi connectivity index (χ4v) is 5.29. The van der Waals surface area contributed by atoms with Crippen LogP contribution in [0.3, 0.4) is 0 Å². The smallest absolute Gasteiger partial charge is 0.285 e. The quantitative estimate of drug-likeness (QED) is 0.777. The minimum absolute atomic E-state index is 0.0797. The van der Waals surface area contributed by atoms with Crippen LogP contribution in [0.25, 0.3) is 0 Å². The van der Waals surface area contributed by atoms with Gasteiger partial charge in [0, 0.05) is 29.4 Å². The number of carbonyl (C=O) groups excluding carboxylic acids is 2. The summed E-state index contributed by atoms with van der Waals surface area (Å²) in [7, 11) is 0. The Kier molecular flexibility index (Phi) is 4.77. The Morgan fingerprint density at radius 2 is 1.93 bits per heavy atom. The molecule has 0 radical (unpaired) electrons. The van der Waals surface area contributed by atoms with Gasteiger partial charge in [-0.3, -0.25) is 19.7 Å². The fraction of sp³-hybridized carbons (Fsp3) is 0.333. The fourth-order valence-electron chi connectivity index (χ4n) is 4.15. The minimum atomic E-state index is -0.711. The number of anilines is 1. The van der Waals surface area contributed by atoms with Crippen LogP contribution < -0.4 is 10.2 Å². The molecule has 0 bridgehead atoms. The molecule has 1 fully saturated rings. The van der Waals surface area contributed by atoms with Crippen LogP contribution in [0.2, 0.25) is 0 Å². The zero-order valence-corrected chi connectivity index (χ0v) is 16.5. The molecule has 2 aromatic carbocycles. The molecule has 0 spiro atoms. The molecule has 2 amide bonds. The number of hydrogen-bond acceptors (Lipinski definition) is 6. The molecular weight excluding hydrogens is 393 g/mol. The summed E-state index contributed by atoms with van der Waals surface area (Å²) in [5.41, 5.74) is 2.14. The second-order valence-corrected chi connectivity index (χ2v) is 8.30. The van der Waals surface area contributed by atoms with Crippen molar-refractivity contribution in [1.82, 2.24) is 10.4 Å². The number of imide groups is 1. The Labute approximate surface area is 172 Å². The van der Waals surface area contributed by atoms with Crippen molar-refractivity contribution in [2.45, 2.75) is 30.4 Å². The van der Waals surface area contributed by atoms with Gasteiger partial charge in [-0.25, -0.2) is 4.39 Å². The van der Waals surface area contributed by atoms with Crippen LogP contribution in [0.4, 0.5) is 10.1 Å². The lowest BCUT2D eigenvalue weighted by Gasteiger charge is -2.37. The standard InChI is InChI=1S/C21H20FN3O3S/c22-15-10-14-16-17(23-12-29-19(16)18(15)24-8-4-5-9-24)21(27)25(20(14)26)28-11-13-6-2-1-3-7-13/h1-3,6-7,10,17,23H,4-5,8-9,11-12H2. The number of hydroxylamine groups is 2. The highest BCUT2D eigenvalue weighted by Gasteiger charge is 2.45. The van der Waals surface area contributed by atoms with Crippen molar-refractivity contribution in [3.8, 4) is 0 Å². The highest BCUT2D eigenvalue weighted by molar-refractivity contribution is 7.99. The van der Waals surface area contributed by atoms with Gasteiger partial charge in [0.1, 0.15) is 18.5 Å². The first-order valence-electron chi connectivity index (χ1n) is 9.68. The summed E-state index contributed by atoms with van der Waals surface area (Å²) < 4.78 is 15.1. The van der Waals surface area contributed by atoms with E-state index in [1.54, 1.807) is 0 Å². The summed E-state index contributed by atoms with van der Waals surface area (Å²) in [6.45, 7) is 1.65. The maximum absolute atomic E-state index is 15.1. The Morgan fingerprint density at radius 1 is 1.17 bits per heavy atom. The predicted octanol–water partition coefficient (Wildman–Crippen LogP) is 3.23. The molecule has 0 aliphatic carbocycles. The Bertz CT molecular complexity index is 979. The van der Waals surface area contributed by atoms with E-state index in [1.807, 2.05) is 35.2 Å². The van der Waals surface area contributed by atoms with E-state index in [4.69, 9.17) is 4.84 Å². The Balaban J connectivity index is 1.53. The number of nitrogens with zero attached hydrogens (tertiary/aromatic N) is 2. The molecule has 3 heterocycles. The van der Waals surface area contributed by atoms with Crippen molar-refractivity contribution in [1.29, 1.82) is 0 Å². The van der Waals surface area contributed by atoms with Gasteiger partial charge in [-0.2, -0.15) is 0 Å². The van der Waals surface area contributed by atoms with Crippen LogP contribution in [0.5, 0.6) is 0 Å². The number of nitrogens with one attached hydrogen (secondary N) is 1. The lowest BCUT2D eigenvalue weighted by atomic mass is 9.93. The van der Waals surface area contributed by atoms with E-state index in [-0.39, 0.29) is 12.2 Å². The van der Waals surface area contributed by atoms with Crippen LogP contribution in [0.1, 0.15) is 40.4 Å². The second-order valence-electron chi connectivity index (χ2n) is 7.31. The predicted molar refractivity (Wildman–Crippen MR) is 107 cm³/mol. The van der Waals surface area contributed by atoms with E-state index in [2.05, 4.69) is 5.32 Å². The topological polar surface area (TPSA) is 61.9 Å². The maximum atomic E-state index is 15.1. The van der Waals surface area contributed by atoms with Crippen molar-refractivity contribution in [3.05, 3.63) is 58.9 Å². The zero-order chi connectivity index (χ0) is 20.0. The second kappa shape index (κ2) is 7.44. The highest BCUT2D eigenvalue weighted by atomic mass is 32.2. The number of thioether (sulfide) groups is 1. The summed E-state index contributed by atoms with van der Waals surface area (Å²) in [4.78, 5) is 34.4. The summed E-state index contributed by atoms with van der Waals surface area (Å²) in [6, 6.07) is 9.84. The largest absolute Gasteiger partial charge is 0.368 e. The summed E-state index contributed by atoms with van der Waals surface area (Å²) in [5.74, 6) is -1.03. The summed E-state index contributed by atoms with van der Waals surface area (Å²) in [5, 5.41) is 3.93. The van der Waals surface area contributed by atoms with Gasteiger partial charge in [0.2, 0.25) is 0 Å². The normalized spacial score (nSPS) is 20.9. The molecule has 8 heteroatoms. The molecule has 2 aromatic rings. The van der Waals surface area contributed by atoms with E-state index >= 15 is 4.39 Å². The van der Waals surface area contributed by atoms with Crippen molar-refractivity contribution in [2.24, 2.45) is 0 Å². The maximum Gasteiger partial charge on any atom is 0.285 e. The average molecular weight is 413 g/mol. The van der Waals surface area contributed by atoms with Crippen LogP contribution in [-0.2, 0) is 16.2 Å². The van der Waals surface area contributed by atoms with Crippen molar-refractivity contribution < 1.29 is 18.8 Å². The van der Waals surface area contributed by atoms with Gasteiger partial charge in [0.25, 0.3) is 11.8 Å². The minimum Gasteiger partial charge on any atom is -0.368 e. The zero-order valence-electron chi connectivity index (χ0n) is 15.7. The Morgan fingerprint density at radius 3 is 2.69 bits per heavy atom. The molecule has 5 rings (SSSR count). The first-order valence-corrected chi connectivity index (χ1v) is 10.7. The van der Waals surface area contributed by atoms with E-state index < -0.39 is 23.7 Å². The van der Waals surface area contributed by atoms with Gasteiger partial charge in [-0.1, -0.05) is 30.3 Å². The van der Waals surface area contributed by atoms with Crippen LogP contribution >= 0.6 is 11.8 Å². The third kappa shape index (κ3) is 3.11. The molecule has 1 atom stereocenters. The molecule has 3 aliphatic heterocycles. The van der Waals surface area contributed by atoms with Crippen molar-refractivity contribution in [3.63, 3.8) is 0 Å². The highest BCUT2D eigenvalue weighted by Crippen LogP contribution is 2.46. The van der Waals surface area contributed by atoms with E-state index in [0.717, 1.165) is 36.6 Å². The molecule has 1 N–H and O–H groups in total. The number of hydrogen-bond donors (Lipinski definition) is 1. The number of carbonyl (C=O) groups is 2. The van der Waals surface area contributed by atoms with Gasteiger partial charge in [0.05, 0.1) is 11.3 Å². The number of amides is 2. The molecule has 1 saturated heterocycles. The first kappa shape index (κ1) is 18.6. The molecule has 3 aliphatic rings. The summed E-state index contributed by atoms with van der Waals surface area (Å²) >= 11 is 1.44. The Hall–Kier alpha value is -2.42. The van der Waals surface area contributed by atoms with E-state index in [9.17, 15) is 9.59 Å². The molecule has 0 aromatic heterocycles. The summed E-state index contributed by atoms with van der Waals surface area (Å²) in [6.07, 6.45) is 2.03. The molecule has 0 saturated carbocycles. The lowest BCUT2D eigenvalue weighted by Crippen LogP contribution is -2.50. The van der Waals surface area contributed by atoms with Gasteiger partial charge in [-0.15, -0.1) is 16.8 Å². The van der Waals surface area contributed by atoms with Crippen LogP contribution in [0, 0.1) is 5.82 Å².